The molecule has 2 nitrogen and oxygen atoms in total. The van der Waals surface area contributed by atoms with Gasteiger partial charge in [-0.25, -0.2) is 0 Å². The second-order valence-corrected chi connectivity index (χ2v) is 5.55. The molecule has 0 aliphatic heterocycles. The SMILES string of the molecule is CCCCCCCCCCC1CCCC1.NC=O. The Morgan fingerprint density at radius 3 is 1.89 bits per heavy atom. The summed E-state index contributed by atoms with van der Waals surface area (Å²) in [5, 5.41) is 0. The molecule has 18 heavy (non-hydrogen) atoms. The number of unbranched alkanes of at least 4 members (excludes halogenated alkanes) is 7. The summed E-state index contributed by atoms with van der Waals surface area (Å²) in [6.45, 7) is 2.29. The third kappa shape index (κ3) is 11.9. The van der Waals surface area contributed by atoms with Crippen molar-refractivity contribution in [2.24, 2.45) is 11.7 Å². The van der Waals surface area contributed by atoms with Gasteiger partial charge in [0.15, 0.2) is 0 Å². The van der Waals surface area contributed by atoms with Gasteiger partial charge in [-0.05, 0) is 5.92 Å². The molecule has 108 valence electrons. The van der Waals surface area contributed by atoms with Crippen molar-refractivity contribution < 1.29 is 4.79 Å². The minimum Gasteiger partial charge on any atom is -0.372 e. The molecule has 1 fully saturated rings. The Kier molecular flexibility index (Phi) is 14.1. The molecule has 1 rings (SSSR count). The van der Waals surface area contributed by atoms with Gasteiger partial charge in [-0.2, -0.15) is 0 Å². The average Bonchev–Trinajstić information content (AvgIpc) is 2.87. The van der Waals surface area contributed by atoms with Crippen LogP contribution in [-0.4, -0.2) is 6.41 Å². The minimum absolute atomic E-state index is 0.250. The van der Waals surface area contributed by atoms with Crippen molar-refractivity contribution in [2.75, 3.05) is 0 Å². The second-order valence-electron chi connectivity index (χ2n) is 5.55. The molecule has 0 bridgehead atoms. The van der Waals surface area contributed by atoms with Crippen molar-refractivity contribution in [3.8, 4) is 0 Å². The first kappa shape index (κ1) is 17.5. The summed E-state index contributed by atoms with van der Waals surface area (Å²) in [6.07, 6.45) is 19.7. The molecule has 0 aromatic heterocycles. The maximum absolute atomic E-state index is 8.58. The molecule has 0 heterocycles. The van der Waals surface area contributed by atoms with Crippen LogP contribution in [0.25, 0.3) is 0 Å². The fourth-order valence-corrected chi connectivity index (χ4v) is 2.87. The number of carbonyl (C=O) groups excluding carboxylic acids is 1. The third-order valence-electron chi connectivity index (χ3n) is 3.94. The van der Waals surface area contributed by atoms with Crippen LogP contribution >= 0.6 is 0 Å². The molecule has 0 radical (unpaired) electrons. The molecule has 0 aromatic rings. The Balaban J connectivity index is 0.000000873. The summed E-state index contributed by atoms with van der Waals surface area (Å²) in [5.41, 5.74) is 4.17. The summed E-state index contributed by atoms with van der Waals surface area (Å²) in [7, 11) is 0. The van der Waals surface area contributed by atoms with Gasteiger partial charge >= 0.3 is 0 Å². The first-order chi connectivity index (χ1) is 8.85. The molecule has 1 aliphatic carbocycles. The van der Waals surface area contributed by atoms with E-state index in [0.29, 0.717) is 0 Å². The van der Waals surface area contributed by atoms with E-state index < -0.39 is 0 Å². The van der Waals surface area contributed by atoms with Crippen LogP contribution in [0.4, 0.5) is 0 Å². The number of primary amides is 1. The highest BCUT2D eigenvalue weighted by Crippen LogP contribution is 2.29. The van der Waals surface area contributed by atoms with Gasteiger partial charge in [0.2, 0.25) is 6.41 Å². The molecule has 0 unspecified atom stereocenters. The molecule has 1 saturated carbocycles. The van der Waals surface area contributed by atoms with Crippen molar-refractivity contribution in [1.82, 2.24) is 0 Å². The molecule has 2 heteroatoms. The van der Waals surface area contributed by atoms with Gasteiger partial charge in [-0.3, -0.25) is 4.79 Å². The highest BCUT2D eigenvalue weighted by atomic mass is 16.1. The first-order valence-electron chi connectivity index (χ1n) is 8.00. The van der Waals surface area contributed by atoms with Crippen LogP contribution in [0, 0.1) is 5.92 Å². The molecule has 0 spiro atoms. The van der Waals surface area contributed by atoms with E-state index in [1.54, 1.807) is 0 Å². The lowest BCUT2D eigenvalue weighted by Gasteiger charge is -2.07. The van der Waals surface area contributed by atoms with E-state index in [2.05, 4.69) is 12.7 Å². The normalized spacial score (nSPS) is 15.2. The van der Waals surface area contributed by atoms with Crippen LogP contribution in [0.15, 0.2) is 0 Å². The van der Waals surface area contributed by atoms with Crippen LogP contribution < -0.4 is 5.73 Å². The monoisotopic (exact) mass is 255 g/mol. The molecule has 1 amide bonds. The van der Waals surface area contributed by atoms with Crippen LogP contribution in [0.3, 0.4) is 0 Å². The van der Waals surface area contributed by atoms with Crippen LogP contribution in [0.5, 0.6) is 0 Å². The molecule has 2 N–H and O–H groups in total. The molecule has 1 aliphatic rings. The molecular weight excluding hydrogens is 222 g/mol. The van der Waals surface area contributed by atoms with Gasteiger partial charge < -0.3 is 5.73 Å². The van der Waals surface area contributed by atoms with E-state index in [-0.39, 0.29) is 6.41 Å². The fraction of sp³-hybridized carbons (Fsp3) is 0.938. The van der Waals surface area contributed by atoms with Crippen molar-refractivity contribution in [2.45, 2.75) is 90.4 Å². The van der Waals surface area contributed by atoms with E-state index in [1.165, 1.54) is 83.5 Å². The molecular formula is C16H33NO. The lowest BCUT2D eigenvalue weighted by atomic mass is 9.99. The van der Waals surface area contributed by atoms with E-state index in [9.17, 15) is 0 Å². The minimum atomic E-state index is 0.250. The molecule has 0 atom stereocenters. The second kappa shape index (κ2) is 14.5. The number of hydrogen-bond donors (Lipinski definition) is 1. The maximum Gasteiger partial charge on any atom is 0.204 e. The smallest absolute Gasteiger partial charge is 0.204 e. The van der Waals surface area contributed by atoms with Gasteiger partial charge in [0.05, 0.1) is 0 Å². The van der Waals surface area contributed by atoms with E-state index in [4.69, 9.17) is 4.79 Å². The number of carbonyl (C=O) groups is 1. The standard InChI is InChI=1S/C15H30.CH3NO/c1-2-3-4-5-6-7-8-9-12-15-13-10-11-14-15;2-1-3/h15H,2-14H2,1H3;1H,(H2,2,3). The number of hydrogen-bond acceptors (Lipinski definition) is 1. The third-order valence-corrected chi connectivity index (χ3v) is 3.94. The molecule has 0 saturated heterocycles. The predicted octanol–water partition coefficient (Wildman–Crippen LogP) is 4.81. The zero-order chi connectivity index (χ0) is 13.5. The van der Waals surface area contributed by atoms with Crippen molar-refractivity contribution in [1.29, 1.82) is 0 Å². The van der Waals surface area contributed by atoms with Crippen LogP contribution in [-0.2, 0) is 4.79 Å². The topological polar surface area (TPSA) is 43.1 Å². The fourth-order valence-electron chi connectivity index (χ4n) is 2.87. The highest BCUT2D eigenvalue weighted by Gasteiger charge is 2.13. The van der Waals surface area contributed by atoms with Gasteiger partial charge in [0, 0.05) is 0 Å². The van der Waals surface area contributed by atoms with Crippen molar-refractivity contribution in [3.63, 3.8) is 0 Å². The van der Waals surface area contributed by atoms with Crippen LogP contribution in [0.2, 0.25) is 0 Å². The maximum atomic E-state index is 8.58. The predicted molar refractivity (Wildman–Crippen MR) is 79.4 cm³/mol. The van der Waals surface area contributed by atoms with Gasteiger partial charge in [-0.1, -0.05) is 90.4 Å². The summed E-state index contributed by atoms with van der Waals surface area (Å²) in [5.74, 6) is 1.12. The Morgan fingerprint density at radius 1 is 0.944 bits per heavy atom. The van der Waals surface area contributed by atoms with E-state index in [1.807, 2.05) is 0 Å². The van der Waals surface area contributed by atoms with Crippen molar-refractivity contribution in [3.05, 3.63) is 0 Å². The Labute approximate surface area is 114 Å². The number of rotatable bonds is 9. The summed E-state index contributed by atoms with van der Waals surface area (Å²) < 4.78 is 0. The summed E-state index contributed by atoms with van der Waals surface area (Å²) >= 11 is 0. The van der Waals surface area contributed by atoms with Gasteiger partial charge in [-0.15, -0.1) is 0 Å². The summed E-state index contributed by atoms with van der Waals surface area (Å²) in [6, 6.07) is 0. The number of nitrogens with two attached hydrogens (primary N) is 1. The average molecular weight is 255 g/mol. The highest BCUT2D eigenvalue weighted by molar-refractivity contribution is 5.42. The molecule has 0 aromatic carbocycles. The van der Waals surface area contributed by atoms with E-state index >= 15 is 0 Å². The Bertz CT molecular complexity index is 164. The lowest BCUT2D eigenvalue weighted by Crippen LogP contribution is -1.92. The number of amides is 1. The summed E-state index contributed by atoms with van der Waals surface area (Å²) in [4.78, 5) is 8.58. The lowest BCUT2D eigenvalue weighted by molar-refractivity contribution is -0.106. The van der Waals surface area contributed by atoms with Crippen molar-refractivity contribution >= 4 is 6.41 Å². The van der Waals surface area contributed by atoms with E-state index in [0.717, 1.165) is 5.92 Å². The van der Waals surface area contributed by atoms with Gasteiger partial charge in [0.1, 0.15) is 0 Å². The Hall–Kier alpha value is -0.530. The van der Waals surface area contributed by atoms with Gasteiger partial charge in [0.25, 0.3) is 0 Å². The largest absolute Gasteiger partial charge is 0.372 e. The zero-order valence-electron chi connectivity index (χ0n) is 12.3. The quantitative estimate of drug-likeness (QED) is 0.466. The Morgan fingerprint density at radius 2 is 1.39 bits per heavy atom. The first-order valence-corrected chi connectivity index (χ1v) is 8.00. The van der Waals surface area contributed by atoms with Crippen LogP contribution in [0.1, 0.15) is 90.4 Å². The zero-order valence-corrected chi connectivity index (χ0v) is 12.3.